The molecule has 0 radical (unpaired) electrons. The molecule has 9 nitrogen and oxygen atoms in total. The first-order chi connectivity index (χ1) is 14.3. The van der Waals surface area contributed by atoms with Crippen molar-refractivity contribution in [3.63, 3.8) is 0 Å². The molecule has 1 N–H and O–H groups in total. The van der Waals surface area contributed by atoms with E-state index in [2.05, 4.69) is 5.32 Å². The summed E-state index contributed by atoms with van der Waals surface area (Å²) in [7, 11) is 1.28. The highest BCUT2D eigenvalue weighted by molar-refractivity contribution is 5.98. The van der Waals surface area contributed by atoms with Gasteiger partial charge in [0.15, 0.2) is 12.4 Å². The number of ether oxygens (including phenoxy) is 2. The number of nitro groups is 1. The third-order valence-corrected chi connectivity index (χ3v) is 4.18. The fourth-order valence-electron chi connectivity index (χ4n) is 2.56. The Morgan fingerprint density at radius 3 is 2.40 bits per heavy atom. The highest BCUT2D eigenvalue weighted by Crippen LogP contribution is 2.27. The second-order valence-electron chi connectivity index (χ2n) is 6.50. The zero-order chi connectivity index (χ0) is 22.1. The smallest absolute Gasteiger partial charge is 0.311 e. The van der Waals surface area contributed by atoms with Crippen molar-refractivity contribution in [2.75, 3.05) is 19.0 Å². The highest BCUT2D eigenvalue weighted by Gasteiger charge is 2.19. The van der Waals surface area contributed by atoms with E-state index in [1.165, 1.54) is 19.2 Å². The molecular formula is C21H22N2O7. The van der Waals surface area contributed by atoms with Crippen LogP contribution in [0.3, 0.4) is 0 Å². The van der Waals surface area contributed by atoms with Crippen molar-refractivity contribution in [2.45, 2.75) is 26.2 Å². The van der Waals surface area contributed by atoms with Crippen LogP contribution in [0, 0.1) is 17.0 Å². The minimum absolute atomic E-state index is 0.0254. The Balaban J connectivity index is 1.75. The molecule has 2 aromatic rings. The van der Waals surface area contributed by atoms with E-state index in [-0.39, 0.29) is 42.2 Å². The van der Waals surface area contributed by atoms with Crippen LogP contribution in [0.15, 0.2) is 42.5 Å². The number of rotatable bonds is 10. The van der Waals surface area contributed by atoms with Crippen LogP contribution in [-0.2, 0) is 14.3 Å². The predicted octanol–water partition coefficient (Wildman–Crippen LogP) is 3.45. The zero-order valence-corrected chi connectivity index (χ0v) is 16.7. The van der Waals surface area contributed by atoms with Crippen molar-refractivity contribution >= 4 is 29.0 Å². The van der Waals surface area contributed by atoms with Crippen LogP contribution >= 0.6 is 0 Å². The minimum Gasteiger partial charge on any atom is -0.490 e. The summed E-state index contributed by atoms with van der Waals surface area (Å²) < 4.78 is 9.78. The van der Waals surface area contributed by atoms with Crippen LogP contribution in [0.25, 0.3) is 0 Å². The van der Waals surface area contributed by atoms with Crippen molar-refractivity contribution in [3.8, 4) is 5.75 Å². The fraction of sp³-hybridized carbons (Fsp3) is 0.286. The maximum absolute atomic E-state index is 12.1. The van der Waals surface area contributed by atoms with Crippen molar-refractivity contribution in [1.29, 1.82) is 0 Å². The molecule has 1 amide bonds. The van der Waals surface area contributed by atoms with E-state index >= 15 is 0 Å². The Kier molecular flexibility index (Phi) is 8.04. The number of carbonyl (C=O) groups excluding carboxylic acids is 3. The van der Waals surface area contributed by atoms with Gasteiger partial charge in [-0.25, -0.2) is 0 Å². The van der Waals surface area contributed by atoms with Crippen molar-refractivity contribution in [2.24, 2.45) is 0 Å². The van der Waals surface area contributed by atoms with E-state index in [9.17, 15) is 24.5 Å². The summed E-state index contributed by atoms with van der Waals surface area (Å²) in [5, 5.41) is 13.7. The number of benzene rings is 2. The lowest BCUT2D eigenvalue weighted by atomic mass is 10.1. The van der Waals surface area contributed by atoms with E-state index in [1.54, 1.807) is 12.1 Å². The lowest BCUT2D eigenvalue weighted by molar-refractivity contribution is -0.385. The van der Waals surface area contributed by atoms with Gasteiger partial charge < -0.3 is 14.8 Å². The Hall–Kier alpha value is -3.75. The normalized spacial score (nSPS) is 10.2. The molecule has 2 aromatic carbocycles. The second-order valence-corrected chi connectivity index (χ2v) is 6.50. The van der Waals surface area contributed by atoms with Crippen molar-refractivity contribution < 1.29 is 28.8 Å². The van der Waals surface area contributed by atoms with E-state index in [1.807, 2.05) is 19.1 Å². The summed E-state index contributed by atoms with van der Waals surface area (Å²) >= 11 is 0. The zero-order valence-electron chi connectivity index (χ0n) is 16.7. The predicted molar refractivity (Wildman–Crippen MR) is 109 cm³/mol. The average molecular weight is 414 g/mol. The van der Waals surface area contributed by atoms with Gasteiger partial charge in [-0.05, 0) is 37.6 Å². The molecule has 0 saturated carbocycles. The van der Waals surface area contributed by atoms with Crippen LogP contribution in [0.4, 0.5) is 11.4 Å². The number of methoxy groups -OCH3 is 1. The number of Topliss-reactive ketones (excluding diaryl/α,β-unsaturated/α-hetero) is 1. The standard InChI is InChI=1S/C21H22N2O7/c1-14-6-9-16(10-7-14)22-20(25)4-3-5-21(26)30-13-18(24)15-8-11-19(29-2)17(12-15)23(27)28/h6-12H,3-5,13H2,1-2H3,(H,22,25). The van der Waals surface area contributed by atoms with Crippen molar-refractivity contribution in [3.05, 3.63) is 63.7 Å². The Labute approximate surface area is 173 Å². The Morgan fingerprint density at radius 1 is 1.07 bits per heavy atom. The van der Waals surface area contributed by atoms with Crippen LogP contribution in [0.1, 0.15) is 35.2 Å². The fourth-order valence-corrected chi connectivity index (χ4v) is 2.56. The van der Waals surface area contributed by atoms with E-state index in [4.69, 9.17) is 9.47 Å². The number of anilines is 1. The van der Waals surface area contributed by atoms with Gasteiger partial charge in [-0.3, -0.25) is 24.5 Å². The number of carbonyl (C=O) groups is 3. The molecule has 0 saturated heterocycles. The molecule has 0 aliphatic carbocycles. The van der Waals surface area contributed by atoms with Gasteiger partial charge in [0, 0.05) is 30.2 Å². The number of aryl methyl sites for hydroxylation is 1. The molecule has 0 spiro atoms. The number of esters is 1. The lowest BCUT2D eigenvalue weighted by Crippen LogP contribution is -2.15. The number of nitrogens with one attached hydrogen (secondary N) is 1. The summed E-state index contributed by atoms with van der Waals surface area (Å²) in [6, 6.07) is 11.1. The summed E-state index contributed by atoms with van der Waals surface area (Å²) in [5.41, 5.74) is 1.43. The van der Waals surface area contributed by atoms with Gasteiger partial charge in [0.1, 0.15) is 0 Å². The quantitative estimate of drug-likeness (QED) is 0.273. The van der Waals surface area contributed by atoms with E-state index in [0.717, 1.165) is 11.6 Å². The monoisotopic (exact) mass is 414 g/mol. The summed E-state index contributed by atoms with van der Waals surface area (Å²) in [6.45, 7) is 1.40. The number of hydrogen-bond acceptors (Lipinski definition) is 7. The van der Waals surface area contributed by atoms with Crippen molar-refractivity contribution in [1.82, 2.24) is 0 Å². The van der Waals surface area contributed by atoms with Gasteiger partial charge in [-0.15, -0.1) is 0 Å². The third kappa shape index (κ3) is 6.69. The molecule has 9 heteroatoms. The molecule has 0 aromatic heterocycles. The molecular weight excluding hydrogens is 392 g/mol. The molecule has 0 bridgehead atoms. The number of hydrogen-bond donors (Lipinski definition) is 1. The van der Waals surface area contributed by atoms with Gasteiger partial charge in [-0.1, -0.05) is 17.7 Å². The van der Waals surface area contributed by atoms with Crippen LogP contribution < -0.4 is 10.1 Å². The number of nitro benzene ring substituents is 1. The van der Waals surface area contributed by atoms with E-state index < -0.39 is 23.3 Å². The molecule has 0 unspecified atom stereocenters. The Bertz CT molecular complexity index is 939. The SMILES string of the molecule is COc1ccc(C(=O)COC(=O)CCCC(=O)Nc2ccc(C)cc2)cc1[N+](=O)[O-]. The van der Waals surface area contributed by atoms with Gasteiger partial charge in [0.05, 0.1) is 12.0 Å². The second kappa shape index (κ2) is 10.7. The molecule has 158 valence electrons. The molecule has 0 atom stereocenters. The number of nitrogens with zero attached hydrogens (tertiary/aromatic N) is 1. The molecule has 0 fully saturated rings. The van der Waals surface area contributed by atoms with E-state index in [0.29, 0.717) is 5.69 Å². The molecule has 30 heavy (non-hydrogen) atoms. The maximum atomic E-state index is 12.1. The molecule has 0 aliphatic heterocycles. The van der Waals surface area contributed by atoms with Gasteiger partial charge in [-0.2, -0.15) is 0 Å². The summed E-state index contributed by atoms with van der Waals surface area (Å²) in [6.07, 6.45) is 0.359. The largest absolute Gasteiger partial charge is 0.490 e. The molecule has 2 rings (SSSR count). The van der Waals surface area contributed by atoms with Crippen LogP contribution in [-0.4, -0.2) is 36.3 Å². The topological polar surface area (TPSA) is 125 Å². The first kappa shape index (κ1) is 22.5. The molecule has 0 heterocycles. The molecule has 0 aliphatic rings. The van der Waals surface area contributed by atoms with Gasteiger partial charge in [0.2, 0.25) is 11.7 Å². The van der Waals surface area contributed by atoms with Crippen LogP contribution in [0.2, 0.25) is 0 Å². The van der Waals surface area contributed by atoms with Gasteiger partial charge in [0.25, 0.3) is 0 Å². The first-order valence-electron chi connectivity index (χ1n) is 9.18. The lowest BCUT2D eigenvalue weighted by Gasteiger charge is -2.07. The minimum atomic E-state index is -0.663. The van der Waals surface area contributed by atoms with Gasteiger partial charge >= 0.3 is 11.7 Å². The number of ketones is 1. The van der Waals surface area contributed by atoms with Crippen LogP contribution in [0.5, 0.6) is 5.75 Å². The first-order valence-corrected chi connectivity index (χ1v) is 9.18. The Morgan fingerprint density at radius 2 is 1.77 bits per heavy atom. The maximum Gasteiger partial charge on any atom is 0.311 e. The number of amides is 1. The summed E-state index contributed by atoms with van der Waals surface area (Å²) in [4.78, 5) is 46.2. The highest BCUT2D eigenvalue weighted by atomic mass is 16.6. The average Bonchev–Trinajstić information content (AvgIpc) is 2.73. The third-order valence-electron chi connectivity index (χ3n) is 4.18. The summed E-state index contributed by atoms with van der Waals surface area (Å²) in [5.74, 6) is -1.41.